The Morgan fingerprint density at radius 3 is 2.76 bits per heavy atom. The van der Waals surface area contributed by atoms with Crippen LogP contribution in [0, 0.1) is 10.1 Å². The summed E-state index contributed by atoms with van der Waals surface area (Å²) in [5.74, 6) is 0.158. The Morgan fingerprint density at radius 2 is 2.00 bits per heavy atom. The van der Waals surface area contributed by atoms with Crippen LogP contribution in [0.1, 0.15) is 30.9 Å². The summed E-state index contributed by atoms with van der Waals surface area (Å²) in [5.41, 5.74) is 7.88. The van der Waals surface area contributed by atoms with E-state index < -0.39 is 4.92 Å². The zero-order valence-corrected chi connectivity index (χ0v) is 16.4. The van der Waals surface area contributed by atoms with Crippen molar-refractivity contribution in [2.75, 3.05) is 20.2 Å². The highest BCUT2D eigenvalue weighted by Crippen LogP contribution is 2.24. The van der Waals surface area contributed by atoms with Gasteiger partial charge in [-0.15, -0.1) is 0 Å². The highest BCUT2D eigenvalue weighted by atomic mass is 16.6. The molecule has 2 aromatic rings. The van der Waals surface area contributed by atoms with E-state index in [1.54, 1.807) is 18.0 Å². The highest BCUT2D eigenvalue weighted by Gasteiger charge is 2.24. The van der Waals surface area contributed by atoms with Crippen LogP contribution in [-0.4, -0.2) is 42.0 Å². The molecule has 2 unspecified atom stereocenters. The number of benzene rings is 2. The van der Waals surface area contributed by atoms with Crippen LogP contribution in [0.2, 0.25) is 0 Å². The summed E-state index contributed by atoms with van der Waals surface area (Å²) in [5, 5.41) is 10.8. The fourth-order valence-electron chi connectivity index (χ4n) is 3.36. The molecule has 8 heteroatoms. The van der Waals surface area contributed by atoms with Crippen molar-refractivity contribution in [1.82, 2.24) is 15.8 Å². The molecular weight excluding hydrogens is 372 g/mol. The van der Waals surface area contributed by atoms with Crippen molar-refractivity contribution < 1.29 is 14.5 Å². The van der Waals surface area contributed by atoms with Gasteiger partial charge >= 0.3 is 0 Å². The maximum Gasteiger partial charge on any atom is 0.273 e. The molecule has 2 N–H and O–H groups in total. The number of rotatable bonds is 9. The number of non-ortho nitro benzene ring substituents is 1. The SMILES string of the molecule is CN(CCCC1CC(c2ccccc2)NN1)C(=O)COc1cccc([N+](=O)[O-])c1. The number of nitrogens with zero attached hydrogens (tertiary/aromatic N) is 2. The number of hydrazine groups is 1. The van der Waals surface area contributed by atoms with E-state index >= 15 is 0 Å². The van der Waals surface area contributed by atoms with Gasteiger partial charge in [-0.2, -0.15) is 0 Å². The van der Waals surface area contributed by atoms with Crippen LogP contribution in [0.5, 0.6) is 5.75 Å². The number of nitro groups is 1. The number of nitrogens with one attached hydrogen (secondary N) is 2. The highest BCUT2D eigenvalue weighted by molar-refractivity contribution is 5.77. The third kappa shape index (κ3) is 6.00. The summed E-state index contributed by atoms with van der Waals surface area (Å²) in [6, 6.07) is 16.8. The molecule has 1 heterocycles. The van der Waals surface area contributed by atoms with Gasteiger partial charge in [0.25, 0.3) is 11.6 Å². The number of carbonyl (C=O) groups excluding carboxylic acids is 1. The van der Waals surface area contributed by atoms with Crippen LogP contribution in [-0.2, 0) is 4.79 Å². The molecule has 0 bridgehead atoms. The van der Waals surface area contributed by atoms with E-state index in [1.807, 2.05) is 18.2 Å². The van der Waals surface area contributed by atoms with E-state index in [2.05, 4.69) is 23.0 Å². The molecule has 0 aliphatic carbocycles. The minimum atomic E-state index is -0.491. The first kappa shape index (κ1) is 20.8. The lowest BCUT2D eigenvalue weighted by atomic mass is 10.00. The number of nitro benzene ring substituents is 1. The molecule has 0 aromatic heterocycles. The number of likely N-dealkylation sites (N-methyl/N-ethyl adjacent to an activating group) is 1. The maximum atomic E-state index is 12.2. The number of amides is 1. The molecule has 1 fully saturated rings. The molecule has 0 saturated carbocycles. The zero-order chi connectivity index (χ0) is 20.6. The fourth-order valence-corrected chi connectivity index (χ4v) is 3.36. The Kier molecular flexibility index (Phi) is 7.15. The van der Waals surface area contributed by atoms with E-state index in [9.17, 15) is 14.9 Å². The lowest BCUT2D eigenvalue weighted by Crippen LogP contribution is -2.34. The lowest BCUT2D eigenvalue weighted by Gasteiger charge is -2.18. The molecule has 3 rings (SSSR count). The number of hydrogen-bond acceptors (Lipinski definition) is 6. The molecule has 2 atom stereocenters. The van der Waals surface area contributed by atoms with Gasteiger partial charge in [0.2, 0.25) is 0 Å². The smallest absolute Gasteiger partial charge is 0.273 e. The zero-order valence-electron chi connectivity index (χ0n) is 16.4. The van der Waals surface area contributed by atoms with Crippen LogP contribution in [0.4, 0.5) is 5.69 Å². The molecule has 1 aliphatic heterocycles. The first-order valence-electron chi connectivity index (χ1n) is 9.70. The van der Waals surface area contributed by atoms with Crippen molar-refractivity contribution in [3.63, 3.8) is 0 Å². The van der Waals surface area contributed by atoms with Crippen LogP contribution in [0.15, 0.2) is 54.6 Å². The van der Waals surface area contributed by atoms with Crippen molar-refractivity contribution in [1.29, 1.82) is 0 Å². The summed E-state index contributed by atoms with van der Waals surface area (Å²) < 4.78 is 5.40. The quantitative estimate of drug-likeness (QED) is 0.498. The average Bonchev–Trinajstić information content (AvgIpc) is 3.21. The van der Waals surface area contributed by atoms with Gasteiger partial charge in [0.15, 0.2) is 6.61 Å². The third-order valence-corrected chi connectivity index (χ3v) is 5.05. The molecule has 0 radical (unpaired) electrons. The van der Waals surface area contributed by atoms with Crippen molar-refractivity contribution in [3.05, 3.63) is 70.3 Å². The monoisotopic (exact) mass is 398 g/mol. The fraction of sp³-hybridized carbons (Fsp3) is 0.381. The van der Waals surface area contributed by atoms with Gasteiger partial charge < -0.3 is 9.64 Å². The summed E-state index contributed by atoms with van der Waals surface area (Å²) in [4.78, 5) is 24.2. The second-order valence-corrected chi connectivity index (χ2v) is 7.19. The predicted octanol–water partition coefficient (Wildman–Crippen LogP) is 2.82. The molecule has 154 valence electrons. The van der Waals surface area contributed by atoms with Gasteiger partial charge in [0, 0.05) is 31.7 Å². The standard InChI is InChI=1S/C21H26N4O4/c1-24(21(26)15-29-19-11-5-10-18(14-19)25(27)28)12-6-9-17-13-20(23-22-17)16-7-3-2-4-8-16/h2-5,7-8,10-11,14,17,20,22-23H,6,9,12-13,15H2,1H3. The second kappa shape index (κ2) is 9.99. The molecule has 2 aromatic carbocycles. The van der Waals surface area contributed by atoms with E-state index in [4.69, 9.17) is 4.74 Å². The molecular formula is C21H26N4O4. The van der Waals surface area contributed by atoms with E-state index in [1.165, 1.54) is 23.8 Å². The minimum absolute atomic E-state index is 0.0604. The van der Waals surface area contributed by atoms with Crippen molar-refractivity contribution in [2.24, 2.45) is 0 Å². The van der Waals surface area contributed by atoms with E-state index in [0.29, 0.717) is 24.4 Å². The molecule has 1 saturated heterocycles. The van der Waals surface area contributed by atoms with Gasteiger partial charge in [-0.3, -0.25) is 25.8 Å². The Morgan fingerprint density at radius 1 is 1.21 bits per heavy atom. The number of ether oxygens (including phenoxy) is 1. The normalized spacial score (nSPS) is 18.4. The van der Waals surface area contributed by atoms with Crippen molar-refractivity contribution in [3.8, 4) is 5.75 Å². The molecule has 0 spiro atoms. The lowest BCUT2D eigenvalue weighted by molar-refractivity contribution is -0.384. The minimum Gasteiger partial charge on any atom is -0.484 e. The summed E-state index contributed by atoms with van der Waals surface area (Å²) in [7, 11) is 1.74. The number of hydrogen-bond donors (Lipinski definition) is 2. The Balaban J connectivity index is 1.36. The molecule has 29 heavy (non-hydrogen) atoms. The topological polar surface area (TPSA) is 96.7 Å². The van der Waals surface area contributed by atoms with E-state index in [0.717, 1.165) is 19.3 Å². The summed E-state index contributed by atoms with van der Waals surface area (Å²) in [6.45, 7) is 0.488. The van der Waals surface area contributed by atoms with E-state index in [-0.39, 0.29) is 18.2 Å². The van der Waals surface area contributed by atoms with Crippen molar-refractivity contribution in [2.45, 2.75) is 31.3 Å². The van der Waals surface area contributed by atoms with Gasteiger partial charge in [0.1, 0.15) is 5.75 Å². The van der Waals surface area contributed by atoms with Gasteiger partial charge in [-0.25, -0.2) is 0 Å². The third-order valence-electron chi connectivity index (χ3n) is 5.05. The summed E-state index contributed by atoms with van der Waals surface area (Å²) in [6.07, 6.45) is 2.84. The Hall–Kier alpha value is -2.97. The first-order chi connectivity index (χ1) is 14.0. The van der Waals surface area contributed by atoms with Crippen LogP contribution >= 0.6 is 0 Å². The van der Waals surface area contributed by atoms with Crippen LogP contribution in [0.25, 0.3) is 0 Å². The Labute approximate surface area is 170 Å². The van der Waals surface area contributed by atoms with Gasteiger partial charge in [-0.1, -0.05) is 36.4 Å². The predicted molar refractivity (Wildman–Crippen MR) is 109 cm³/mol. The average molecular weight is 398 g/mol. The molecule has 1 amide bonds. The number of carbonyl (C=O) groups is 1. The van der Waals surface area contributed by atoms with Gasteiger partial charge in [-0.05, 0) is 30.9 Å². The molecule has 8 nitrogen and oxygen atoms in total. The Bertz CT molecular complexity index is 830. The van der Waals surface area contributed by atoms with Crippen LogP contribution < -0.4 is 15.6 Å². The second-order valence-electron chi connectivity index (χ2n) is 7.19. The summed E-state index contributed by atoms with van der Waals surface area (Å²) >= 11 is 0. The van der Waals surface area contributed by atoms with Crippen molar-refractivity contribution >= 4 is 11.6 Å². The maximum absolute atomic E-state index is 12.2. The van der Waals surface area contributed by atoms with Gasteiger partial charge in [0.05, 0.1) is 11.0 Å². The molecule has 1 aliphatic rings. The van der Waals surface area contributed by atoms with Crippen LogP contribution in [0.3, 0.4) is 0 Å². The first-order valence-corrected chi connectivity index (χ1v) is 9.70. The largest absolute Gasteiger partial charge is 0.484 e.